The second-order valence-electron chi connectivity index (χ2n) is 5.45. The molecular weight excluding hydrogens is 316 g/mol. The van der Waals surface area contributed by atoms with Gasteiger partial charge in [-0.2, -0.15) is 0 Å². The minimum absolute atomic E-state index is 0.153. The summed E-state index contributed by atoms with van der Waals surface area (Å²) in [7, 11) is 3.71. The van der Waals surface area contributed by atoms with E-state index in [1.54, 1.807) is 29.4 Å². The average molecular weight is 331 g/mol. The summed E-state index contributed by atoms with van der Waals surface area (Å²) in [5.41, 5.74) is 2.29. The second kappa shape index (κ2) is 5.55. The van der Waals surface area contributed by atoms with Crippen LogP contribution in [0, 0.1) is 0 Å². The van der Waals surface area contributed by atoms with E-state index < -0.39 is 0 Å². The van der Waals surface area contributed by atoms with Gasteiger partial charge in [-0.1, -0.05) is 11.6 Å². The lowest BCUT2D eigenvalue weighted by molar-refractivity contribution is 0.101. The van der Waals surface area contributed by atoms with Crippen LogP contribution in [0.15, 0.2) is 24.5 Å². The highest BCUT2D eigenvalue weighted by Gasteiger charge is 2.17. The summed E-state index contributed by atoms with van der Waals surface area (Å²) in [6.45, 7) is 1.41. The summed E-state index contributed by atoms with van der Waals surface area (Å²) in [5, 5.41) is 11.0. The number of aromatic amines is 1. The third-order valence-corrected chi connectivity index (χ3v) is 3.88. The maximum absolute atomic E-state index is 11.8. The van der Waals surface area contributed by atoms with Gasteiger partial charge in [-0.25, -0.2) is 9.97 Å². The third kappa shape index (κ3) is 2.61. The van der Waals surface area contributed by atoms with Crippen LogP contribution >= 0.6 is 11.6 Å². The van der Waals surface area contributed by atoms with Gasteiger partial charge in [0.25, 0.3) is 0 Å². The van der Waals surface area contributed by atoms with Crippen LogP contribution < -0.4 is 4.90 Å². The maximum atomic E-state index is 11.8. The normalized spacial score (nSPS) is 11.0. The van der Waals surface area contributed by atoms with E-state index in [1.807, 2.05) is 14.1 Å². The molecule has 0 atom stereocenters. The first kappa shape index (κ1) is 15.3. The molecule has 0 radical (unpaired) electrons. The van der Waals surface area contributed by atoms with Crippen LogP contribution in [0.3, 0.4) is 0 Å². The molecule has 0 fully saturated rings. The summed E-state index contributed by atoms with van der Waals surface area (Å²) >= 11 is 6.33. The molecule has 0 aliphatic rings. The number of ketones is 1. The minimum atomic E-state index is -0.221. The molecule has 0 aliphatic carbocycles. The molecule has 0 saturated heterocycles. The number of hydrogen-bond donors (Lipinski definition) is 2. The van der Waals surface area contributed by atoms with Gasteiger partial charge in [0.05, 0.1) is 16.1 Å². The van der Waals surface area contributed by atoms with E-state index in [0.29, 0.717) is 27.4 Å². The van der Waals surface area contributed by atoms with E-state index in [1.165, 1.54) is 6.92 Å². The van der Waals surface area contributed by atoms with Crippen molar-refractivity contribution in [2.75, 3.05) is 19.0 Å². The van der Waals surface area contributed by atoms with E-state index in [0.717, 1.165) is 5.56 Å². The highest BCUT2D eigenvalue weighted by atomic mass is 35.5. The number of carbonyl (C=O) groups is 1. The zero-order valence-electron chi connectivity index (χ0n) is 12.9. The van der Waals surface area contributed by atoms with E-state index in [-0.39, 0.29) is 17.2 Å². The Kier molecular flexibility index (Phi) is 3.69. The van der Waals surface area contributed by atoms with Crippen molar-refractivity contribution < 1.29 is 9.90 Å². The predicted molar refractivity (Wildman–Crippen MR) is 90.3 cm³/mol. The van der Waals surface area contributed by atoms with Crippen molar-refractivity contribution in [1.82, 2.24) is 15.0 Å². The van der Waals surface area contributed by atoms with Gasteiger partial charge in [0.1, 0.15) is 0 Å². The summed E-state index contributed by atoms with van der Waals surface area (Å²) in [5.74, 6) is 0.218. The number of rotatable bonds is 3. The lowest BCUT2D eigenvalue weighted by Gasteiger charge is -2.10. The van der Waals surface area contributed by atoms with Crippen molar-refractivity contribution in [3.05, 3.63) is 35.1 Å². The Labute approximate surface area is 137 Å². The number of benzene rings is 1. The van der Waals surface area contributed by atoms with Gasteiger partial charge in [-0.05, 0) is 19.1 Å². The number of nitrogens with zero attached hydrogens (tertiary/aromatic N) is 3. The van der Waals surface area contributed by atoms with Gasteiger partial charge in [-0.15, -0.1) is 0 Å². The van der Waals surface area contributed by atoms with Gasteiger partial charge in [-0.3, -0.25) is 4.79 Å². The molecule has 1 aromatic carbocycles. The van der Waals surface area contributed by atoms with E-state index in [9.17, 15) is 9.90 Å². The molecule has 0 spiro atoms. The Morgan fingerprint density at radius 3 is 2.48 bits per heavy atom. The number of Topliss-reactive ketones (excluding diaryl/α,β-unsaturated/α-hetero) is 1. The fraction of sp³-hybridized carbons (Fsp3) is 0.188. The van der Waals surface area contributed by atoms with Crippen molar-refractivity contribution in [2.24, 2.45) is 0 Å². The molecule has 0 unspecified atom stereocenters. The smallest absolute Gasteiger partial charge is 0.224 e. The number of nitrogens with one attached hydrogen (secondary N) is 1. The van der Waals surface area contributed by atoms with Crippen LogP contribution in [0.5, 0.6) is 5.88 Å². The number of hydrogen-bond acceptors (Lipinski definition) is 5. The molecule has 0 amide bonds. The fourth-order valence-electron chi connectivity index (χ4n) is 2.47. The molecule has 2 heterocycles. The number of aromatic nitrogens is 3. The first-order chi connectivity index (χ1) is 10.9. The third-order valence-electron chi connectivity index (χ3n) is 3.57. The number of halogens is 1. The highest BCUT2D eigenvalue weighted by molar-refractivity contribution is 6.34. The summed E-state index contributed by atoms with van der Waals surface area (Å²) < 4.78 is 0. The molecule has 0 bridgehead atoms. The predicted octanol–water partition coefficient (Wildman–Crippen LogP) is 3.25. The van der Waals surface area contributed by atoms with Crippen molar-refractivity contribution in [1.29, 1.82) is 0 Å². The van der Waals surface area contributed by atoms with Crippen LogP contribution in [0.2, 0.25) is 5.02 Å². The lowest BCUT2D eigenvalue weighted by atomic mass is 10.0. The zero-order valence-corrected chi connectivity index (χ0v) is 13.6. The molecule has 0 aliphatic heterocycles. The Morgan fingerprint density at radius 2 is 1.91 bits per heavy atom. The van der Waals surface area contributed by atoms with E-state index in [2.05, 4.69) is 15.0 Å². The van der Waals surface area contributed by atoms with Crippen LogP contribution in [0.25, 0.3) is 22.0 Å². The number of anilines is 1. The molecular formula is C16H15ClN4O2. The number of aromatic hydroxyl groups is 1. The second-order valence-corrected chi connectivity index (χ2v) is 5.86. The van der Waals surface area contributed by atoms with Gasteiger partial charge in [0, 0.05) is 43.0 Å². The molecule has 0 saturated carbocycles. The largest absolute Gasteiger partial charge is 0.494 e. The van der Waals surface area contributed by atoms with Gasteiger partial charge in [0.2, 0.25) is 11.8 Å². The monoisotopic (exact) mass is 330 g/mol. The first-order valence-corrected chi connectivity index (χ1v) is 7.31. The van der Waals surface area contributed by atoms with Crippen LogP contribution in [0.4, 0.5) is 5.95 Å². The molecule has 6 nitrogen and oxygen atoms in total. The summed E-state index contributed by atoms with van der Waals surface area (Å²) in [6, 6.07) is 3.44. The molecule has 23 heavy (non-hydrogen) atoms. The van der Waals surface area contributed by atoms with E-state index >= 15 is 0 Å². The van der Waals surface area contributed by atoms with Crippen LogP contribution in [-0.2, 0) is 0 Å². The minimum Gasteiger partial charge on any atom is -0.494 e. The fourth-order valence-corrected chi connectivity index (χ4v) is 2.74. The van der Waals surface area contributed by atoms with Crippen molar-refractivity contribution in [3.63, 3.8) is 0 Å². The molecule has 118 valence electrons. The van der Waals surface area contributed by atoms with Gasteiger partial charge in [0.15, 0.2) is 5.78 Å². The molecule has 7 heteroatoms. The topological polar surface area (TPSA) is 82.1 Å². The Balaban J connectivity index is 2.19. The Bertz CT molecular complexity index is 901. The van der Waals surface area contributed by atoms with Crippen molar-refractivity contribution in [2.45, 2.75) is 6.92 Å². The lowest BCUT2D eigenvalue weighted by Crippen LogP contribution is -2.12. The SMILES string of the molecule is CC(=O)c1c(O)[nH]c2cc(Cl)c(-c3cnc(N(C)C)nc3)cc12. The van der Waals surface area contributed by atoms with Crippen molar-refractivity contribution in [3.8, 4) is 17.0 Å². The maximum Gasteiger partial charge on any atom is 0.224 e. The Hall–Kier alpha value is -2.60. The first-order valence-electron chi connectivity index (χ1n) is 6.93. The summed E-state index contributed by atoms with van der Waals surface area (Å²) in [6.07, 6.45) is 3.35. The standard InChI is InChI=1S/C16H15ClN4O2/c1-8(22)14-11-4-10(12(17)5-13(11)20-15(14)23)9-6-18-16(19-7-9)21(2)3/h4-7,20,23H,1-3H3. The molecule has 3 rings (SSSR count). The van der Waals surface area contributed by atoms with Crippen LogP contribution in [0.1, 0.15) is 17.3 Å². The molecule has 3 aromatic rings. The molecule has 2 aromatic heterocycles. The number of H-pyrrole nitrogens is 1. The highest BCUT2D eigenvalue weighted by Crippen LogP contribution is 2.36. The Morgan fingerprint density at radius 1 is 1.26 bits per heavy atom. The quantitative estimate of drug-likeness (QED) is 0.720. The summed E-state index contributed by atoms with van der Waals surface area (Å²) in [4.78, 5) is 24.9. The number of fused-ring (bicyclic) bond motifs is 1. The van der Waals surface area contributed by atoms with Gasteiger partial charge >= 0.3 is 0 Å². The number of carbonyl (C=O) groups excluding carboxylic acids is 1. The average Bonchev–Trinajstić information content (AvgIpc) is 2.81. The molecule has 2 N–H and O–H groups in total. The van der Waals surface area contributed by atoms with Crippen molar-refractivity contribution >= 4 is 34.2 Å². The zero-order chi connectivity index (χ0) is 16.7. The van der Waals surface area contributed by atoms with Crippen LogP contribution in [-0.4, -0.2) is 39.9 Å². The van der Waals surface area contributed by atoms with Gasteiger partial charge < -0.3 is 15.0 Å². The van der Waals surface area contributed by atoms with E-state index in [4.69, 9.17) is 11.6 Å².